The maximum atomic E-state index is 13.0. The molecule has 322 valence electrons. The summed E-state index contributed by atoms with van der Waals surface area (Å²) in [6.07, 6.45) is 48.3. The lowest BCUT2D eigenvalue weighted by atomic mass is 9.67. The quantitative estimate of drug-likeness (QED) is 0.0283. The fraction of sp³-hybridized carbons (Fsp3) is 0.800. The van der Waals surface area contributed by atoms with Crippen LogP contribution in [-0.4, -0.2) is 49.9 Å². The average Bonchev–Trinajstić information content (AvgIpc) is 3.18. The van der Waals surface area contributed by atoms with Crippen molar-refractivity contribution < 1.29 is 25.2 Å². The van der Waals surface area contributed by atoms with Crippen LogP contribution in [0.3, 0.4) is 0 Å². The summed E-state index contributed by atoms with van der Waals surface area (Å²) < 4.78 is 6.04. The predicted molar refractivity (Wildman–Crippen MR) is 239 cm³/mol. The van der Waals surface area contributed by atoms with Gasteiger partial charge in [0.05, 0.1) is 6.26 Å². The zero-order valence-corrected chi connectivity index (χ0v) is 37.0. The molecule has 55 heavy (non-hydrogen) atoms. The molecule has 0 aromatic carbocycles. The number of unbranched alkanes of at least 4 members (excludes halogenated alkanes) is 25. The van der Waals surface area contributed by atoms with Gasteiger partial charge < -0.3 is 25.2 Å². The number of hydrogen-bond acceptors (Lipinski definition) is 5. The molecule has 0 aliphatic heterocycles. The Bertz CT molecular complexity index is 985. The van der Waals surface area contributed by atoms with Gasteiger partial charge in [-0.05, 0) is 70.3 Å². The topological polar surface area (TPSA) is 90.2 Å². The highest BCUT2D eigenvalue weighted by molar-refractivity contribution is 5.35. The number of ether oxygens (including phenoxy) is 1. The van der Waals surface area contributed by atoms with Gasteiger partial charge in [0.15, 0.2) is 11.2 Å². The minimum atomic E-state index is -2.31. The second kappa shape index (κ2) is 36.7. The number of aliphatic hydroxyl groups is 4. The van der Waals surface area contributed by atoms with E-state index >= 15 is 0 Å². The number of hydrogen-bond donors (Lipinski definition) is 4. The van der Waals surface area contributed by atoms with Crippen molar-refractivity contribution in [2.24, 2.45) is 0 Å². The molecule has 0 bridgehead atoms. The van der Waals surface area contributed by atoms with Crippen LogP contribution in [0.25, 0.3) is 0 Å². The molecular weight excluding hydrogens is 681 g/mol. The second-order valence-corrected chi connectivity index (χ2v) is 16.3. The molecule has 0 rings (SSSR count). The van der Waals surface area contributed by atoms with Crippen molar-refractivity contribution in [1.82, 2.24) is 0 Å². The molecule has 5 nitrogen and oxygen atoms in total. The zero-order valence-electron chi connectivity index (χ0n) is 37.0. The van der Waals surface area contributed by atoms with E-state index in [1.54, 1.807) is 30.6 Å². The lowest BCUT2D eigenvalue weighted by Gasteiger charge is -2.50. The Morgan fingerprint density at radius 3 is 1.18 bits per heavy atom. The van der Waals surface area contributed by atoms with Gasteiger partial charge in [0.25, 0.3) is 0 Å². The van der Waals surface area contributed by atoms with Crippen molar-refractivity contribution in [2.45, 2.75) is 250 Å². The fourth-order valence-corrected chi connectivity index (χ4v) is 7.17. The van der Waals surface area contributed by atoms with Crippen LogP contribution in [0.2, 0.25) is 0 Å². The first-order valence-electron chi connectivity index (χ1n) is 23.5. The molecule has 4 unspecified atom stereocenters. The first-order valence-corrected chi connectivity index (χ1v) is 23.5. The Kier molecular flexibility index (Phi) is 35.6. The van der Waals surface area contributed by atoms with E-state index < -0.39 is 22.9 Å². The number of allylic oxidation sites excluding steroid dienone is 5. The summed E-state index contributed by atoms with van der Waals surface area (Å²) in [5.74, 6) is 0. The van der Waals surface area contributed by atoms with Gasteiger partial charge in [-0.1, -0.05) is 212 Å². The maximum Gasteiger partial charge on any atom is 0.153 e. The smallest absolute Gasteiger partial charge is 0.153 e. The van der Waals surface area contributed by atoms with Crippen LogP contribution in [0.5, 0.6) is 0 Å². The molecule has 0 amide bonds. The molecule has 0 aliphatic carbocycles. The number of aliphatic hydroxyl groups excluding tert-OH is 1. The Hall–Kier alpha value is -1.66. The molecule has 4 N–H and O–H groups in total. The molecule has 0 fully saturated rings. The SMILES string of the molecule is CCCCCCCC=COCC(O)(C=CCCCCCCC)C(O)(C=CCCCCCCC)C(O)(C=CCCCCCCC)C(O)C=CCCCCCCC. The Morgan fingerprint density at radius 1 is 0.418 bits per heavy atom. The van der Waals surface area contributed by atoms with Crippen molar-refractivity contribution in [3.63, 3.8) is 0 Å². The van der Waals surface area contributed by atoms with Crippen molar-refractivity contribution in [3.05, 3.63) is 60.9 Å². The summed E-state index contributed by atoms with van der Waals surface area (Å²) in [6.45, 7) is 10.8. The largest absolute Gasteiger partial charge is 0.498 e. The van der Waals surface area contributed by atoms with E-state index in [0.29, 0.717) is 12.8 Å². The van der Waals surface area contributed by atoms with Crippen molar-refractivity contribution in [2.75, 3.05) is 6.61 Å². The van der Waals surface area contributed by atoms with Crippen LogP contribution < -0.4 is 0 Å². The predicted octanol–water partition coefficient (Wildman–Crippen LogP) is 14.1. The number of rotatable bonds is 40. The third-order valence-corrected chi connectivity index (χ3v) is 11.0. The Labute approximate surface area is 341 Å². The average molecular weight is 773 g/mol. The van der Waals surface area contributed by atoms with E-state index in [2.05, 4.69) is 34.6 Å². The first-order chi connectivity index (χ1) is 26.7. The van der Waals surface area contributed by atoms with Gasteiger partial charge in [-0.15, -0.1) is 0 Å². The molecule has 0 saturated carbocycles. The standard InChI is InChI=1S/C50H92O5/c1-6-11-16-21-26-31-36-41-47(51)49(53,43-38-33-28-23-18-13-8-3)50(54,44-39-34-29-24-19-14-9-4)48(52,42-37-32-27-22-17-12-7-2)46-55-45-40-35-30-25-20-15-10-5/h36-45,47,51-54H,6-35,46H2,1-5H3. The van der Waals surface area contributed by atoms with Crippen LogP contribution >= 0.6 is 0 Å². The third-order valence-electron chi connectivity index (χ3n) is 11.0. The van der Waals surface area contributed by atoms with E-state index in [-0.39, 0.29) is 6.61 Å². The highest BCUT2D eigenvalue weighted by Crippen LogP contribution is 2.41. The molecule has 4 atom stereocenters. The van der Waals surface area contributed by atoms with Gasteiger partial charge >= 0.3 is 0 Å². The summed E-state index contributed by atoms with van der Waals surface area (Å²) in [5, 5.41) is 50.5. The van der Waals surface area contributed by atoms with Gasteiger partial charge in [-0.2, -0.15) is 0 Å². The van der Waals surface area contributed by atoms with Gasteiger partial charge in [0.1, 0.15) is 18.3 Å². The molecule has 0 saturated heterocycles. The lowest BCUT2D eigenvalue weighted by Crippen LogP contribution is -2.70. The minimum absolute atomic E-state index is 0.274. The van der Waals surface area contributed by atoms with E-state index in [1.165, 1.54) is 89.9 Å². The van der Waals surface area contributed by atoms with Gasteiger partial charge in [-0.25, -0.2) is 0 Å². The van der Waals surface area contributed by atoms with Gasteiger partial charge in [-0.3, -0.25) is 0 Å². The maximum absolute atomic E-state index is 13.0. The summed E-state index contributed by atoms with van der Waals surface area (Å²) in [7, 11) is 0. The van der Waals surface area contributed by atoms with Crippen molar-refractivity contribution in [3.8, 4) is 0 Å². The van der Waals surface area contributed by atoms with Crippen molar-refractivity contribution in [1.29, 1.82) is 0 Å². The van der Waals surface area contributed by atoms with Crippen LogP contribution in [0.1, 0.15) is 227 Å². The molecule has 0 aliphatic rings. The summed E-state index contributed by atoms with van der Waals surface area (Å²) in [6, 6.07) is 0. The van der Waals surface area contributed by atoms with Crippen LogP contribution in [-0.2, 0) is 4.74 Å². The lowest BCUT2D eigenvalue weighted by molar-refractivity contribution is -0.218. The van der Waals surface area contributed by atoms with Crippen LogP contribution in [0.4, 0.5) is 0 Å². The third kappa shape index (κ3) is 24.7. The molecule has 5 heteroatoms. The molecule has 0 aromatic heterocycles. The van der Waals surface area contributed by atoms with Gasteiger partial charge in [0, 0.05) is 0 Å². The molecule has 0 aromatic rings. The monoisotopic (exact) mass is 773 g/mol. The Balaban J connectivity index is 6.83. The van der Waals surface area contributed by atoms with E-state index in [0.717, 1.165) is 89.9 Å². The van der Waals surface area contributed by atoms with E-state index in [9.17, 15) is 20.4 Å². The molecule has 0 heterocycles. The second-order valence-electron chi connectivity index (χ2n) is 16.3. The fourth-order valence-electron chi connectivity index (χ4n) is 7.17. The van der Waals surface area contributed by atoms with Gasteiger partial charge in [0.2, 0.25) is 0 Å². The first kappa shape index (κ1) is 53.3. The molecule has 0 radical (unpaired) electrons. The molecule has 0 spiro atoms. The summed E-state index contributed by atoms with van der Waals surface area (Å²) >= 11 is 0. The Morgan fingerprint density at radius 2 is 0.764 bits per heavy atom. The van der Waals surface area contributed by atoms with E-state index in [4.69, 9.17) is 4.74 Å². The van der Waals surface area contributed by atoms with Crippen LogP contribution in [0.15, 0.2) is 60.9 Å². The summed E-state index contributed by atoms with van der Waals surface area (Å²) in [4.78, 5) is 0. The highest BCUT2D eigenvalue weighted by atomic mass is 16.5. The minimum Gasteiger partial charge on any atom is -0.498 e. The molecular formula is C50H92O5. The highest BCUT2D eigenvalue weighted by Gasteiger charge is 2.61. The summed E-state index contributed by atoms with van der Waals surface area (Å²) in [5.41, 5.74) is -6.59. The zero-order chi connectivity index (χ0) is 40.8. The van der Waals surface area contributed by atoms with E-state index in [1.807, 2.05) is 30.4 Å². The van der Waals surface area contributed by atoms with Crippen molar-refractivity contribution >= 4 is 0 Å². The normalized spacial score (nSPS) is 16.5. The van der Waals surface area contributed by atoms with Crippen LogP contribution in [0, 0.1) is 0 Å².